The lowest BCUT2D eigenvalue weighted by Crippen LogP contribution is -2.08. The molecule has 0 unspecified atom stereocenters. The smallest absolute Gasteiger partial charge is 0.139 e. The van der Waals surface area contributed by atoms with Crippen LogP contribution >= 0.6 is 0 Å². The van der Waals surface area contributed by atoms with E-state index in [0.717, 1.165) is 18.1 Å². The van der Waals surface area contributed by atoms with Gasteiger partial charge in [0.1, 0.15) is 11.6 Å². The molecule has 0 aliphatic heterocycles. The number of hydrogen-bond acceptors (Lipinski definition) is 1. The monoisotopic (exact) mass is 293 g/mol. The number of aryl methyl sites for hydroxylation is 5. The van der Waals surface area contributed by atoms with Gasteiger partial charge in [-0.3, -0.25) is 0 Å². The predicted molar refractivity (Wildman–Crippen MR) is 91.2 cm³/mol. The first-order chi connectivity index (χ1) is 10.5. The molecule has 0 saturated heterocycles. The minimum absolute atomic E-state index is 1.00. The van der Waals surface area contributed by atoms with E-state index in [1.807, 2.05) is 0 Å². The van der Waals surface area contributed by atoms with Crippen molar-refractivity contribution >= 4 is 0 Å². The maximum absolute atomic E-state index is 4.94. The Morgan fingerprint density at radius 1 is 0.727 bits per heavy atom. The van der Waals surface area contributed by atoms with Crippen molar-refractivity contribution in [2.75, 3.05) is 0 Å². The summed E-state index contributed by atoms with van der Waals surface area (Å²) in [6.07, 6.45) is 1.00. The van der Waals surface area contributed by atoms with Crippen LogP contribution in [0.5, 0.6) is 0 Å². The largest absolute Gasteiger partial charge is 0.303 e. The van der Waals surface area contributed by atoms with Crippen molar-refractivity contribution < 1.29 is 0 Å². The zero-order valence-corrected chi connectivity index (χ0v) is 14.0. The van der Waals surface area contributed by atoms with Crippen LogP contribution < -0.4 is 0 Å². The summed E-state index contributed by atoms with van der Waals surface area (Å²) in [5.41, 5.74) is 6.16. The molecule has 3 rings (SSSR count). The van der Waals surface area contributed by atoms with E-state index in [-0.39, 0.29) is 0 Å². The molecule has 22 heavy (non-hydrogen) atoms. The third-order valence-corrected chi connectivity index (χ3v) is 4.27. The van der Waals surface area contributed by atoms with Gasteiger partial charge in [0.15, 0.2) is 0 Å². The standard InChI is InChI=1S/C19H23N3/c1-6-17-11-18(21-13(2)7-8-14(21)3)20-19(12-17)22-15(4)9-10-16(22)5/h7-12H,6H2,1-5H3. The molecule has 0 atom stereocenters. The highest BCUT2D eigenvalue weighted by Gasteiger charge is 2.11. The molecule has 3 aromatic rings. The fourth-order valence-electron chi connectivity index (χ4n) is 3.05. The van der Waals surface area contributed by atoms with Gasteiger partial charge in [-0.15, -0.1) is 0 Å². The quantitative estimate of drug-likeness (QED) is 0.699. The summed E-state index contributed by atoms with van der Waals surface area (Å²) in [4.78, 5) is 4.94. The normalized spacial score (nSPS) is 11.1. The van der Waals surface area contributed by atoms with Crippen LogP contribution in [0.1, 0.15) is 35.3 Å². The Bertz CT molecular complexity index is 718. The first-order valence-corrected chi connectivity index (χ1v) is 7.83. The van der Waals surface area contributed by atoms with Crippen LogP contribution in [-0.4, -0.2) is 14.1 Å². The van der Waals surface area contributed by atoms with Gasteiger partial charge in [0.2, 0.25) is 0 Å². The highest BCUT2D eigenvalue weighted by molar-refractivity contribution is 5.42. The summed E-state index contributed by atoms with van der Waals surface area (Å²) in [5.74, 6) is 2.00. The summed E-state index contributed by atoms with van der Waals surface area (Å²) < 4.78 is 4.44. The Labute approximate surface area is 132 Å². The van der Waals surface area contributed by atoms with Crippen molar-refractivity contribution in [3.05, 3.63) is 64.7 Å². The molecule has 0 aromatic carbocycles. The number of rotatable bonds is 3. The van der Waals surface area contributed by atoms with E-state index in [4.69, 9.17) is 4.98 Å². The maximum atomic E-state index is 4.94. The van der Waals surface area contributed by atoms with Gasteiger partial charge in [0.05, 0.1) is 0 Å². The van der Waals surface area contributed by atoms with Gasteiger partial charge < -0.3 is 9.13 Å². The van der Waals surface area contributed by atoms with E-state index in [0.29, 0.717) is 0 Å². The Hall–Kier alpha value is -2.29. The fraction of sp³-hybridized carbons (Fsp3) is 0.316. The molecule has 3 heterocycles. The fourth-order valence-corrected chi connectivity index (χ4v) is 3.05. The number of aromatic nitrogens is 3. The van der Waals surface area contributed by atoms with Crippen molar-refractivity contribution in [2.24, 2.45) is 0 Å². The third-order valence-electron chi connectivity index (χ3n) is 4.27. The average Bonchev–Trinajstić information content (AvgIpc) is 3.00. The minimum atomic E-state index is 1.00. The molecule has 0 amide bonds. The predicted octanol–water partition coefficient (Wildman–Crippen LogP) is 4.46. The second kappa shape index (κ2) is 5.48. The molecule has 0 bridgehead atoms. The molecule has 0 fully saturated rings. The van der Waals surface area contributed by atoms with E-state index in [9.17, 15) is 0 Å². The van der Waals surface area contributed by atoms with Crippen LogP contribution in [0.4, 0.5) is 0 Å². The van der Waals surface area contributed by atoms with Crippen molar-refractivity contribution in [3.63, 3.8) is 0 Å². The first-order valence-electron chi connectivity index (χ1n) is 7.83. The lowest BCUT2D eigenvalue weighted by Gasteiger charge is -2.15. The van der Waals surface area contributed by atoms with Crippen LogP contribution in [0, 0.1) is 27.7 Å². The van der Waals surface area contributed by atoms with Crippen molar-refractivity contribution in [1.82, 2.24) is 14.1 Å². The highest BCUT2D eigenvalue weighted by atomic mass is 15.1. The molecule has 3 heteroatoms. The highest BCUT2D eigenvalue weighted by Crippen LogP contribution is 2.21. The number of nitrogens with zero attached hydrogens (tertiary/aromatic N) is 3. The van der Waals surface area contributed by atoms with Crippen LogP contribution in [0.3, 0.4) is 0 Å². The number of hydrogen-bond donors (Lipinski definition) is 0. The zero-order valence-electron chi connectivity index (χ0n) is 14.0. The van der Waals surface area contributed by atoms with Crippen molar-refractivity contribution in [3.8, 4) is 11.6 Å². The minimum Gasteiger partial charge on any atom is -0.303 e. The van der Waals surface area contributed by atoms with Crippen LogP contribution in [0.15, 0.2) is 36.4 Å². The maximum Gasteiger partial charge on any atom is 0.139 e. The molecule has 0 saturated carbocycles. The Balaban J connectivity index is 2.24. The van der Waals surface area contributed by atoms with Crippen molar-refractivity contribution in [1.29, 1.82) is 0 Å². The Kier molecular flexibility index (Phi) is 3.65. The molecule has 3 aromatic heterocycles. The van der Waals surface area contributed by atoms with Crippen LogP contribution in [0.25, 0.3) is 11.6 Å². The van der Waals surface area contributed by atoms with Crippen LogP contribution in [-0.2, 0) is 6.42 Å². The van der Waals surface area contributed by atoms with Gasteiger partial charge >= 0.3 is 0 Å². The van der Waals surface area contributed by atoms with Gasteiger partial charge in [0.25, 0.3) is 0 Å². The van der Waals surface area contributed by atoms with Gasteiger partial charge in [-0.1, -0.05) is 6.92 Å². The summed E-state index contributed by atoms with van der Waals surface area (Å²) >= 11 is 0. The molecule has 114 valence electrons. The molecule has 0 spiro atoms. The van der Waals surface area contributed by atoms with E-state index in [1.54, 1.807) is 0 Å². The molecule has 0 aliphatic carbocycles. The van der Waals surface area contributed by atoms with Crippen LogP contribution in [0.2, 0.25) is 0 Å². The number of pyridine rings is 1. The van der Waals surface area contributed by atoms with E-state index in [1.165, 1.54) is 28.3 Å². The SMILES string of the molecule is CCc1cc(-n2c(C)ccc2C)nc(-n2c(C)ccc2C)c1. The molecular weight excluding hydrogens is 270 g/mol. The summed E-state index contributed by atoms with van der Waals surface area (Å²) in [6.45, 7) is 10.7. The summed E-state index contributed by atoms with van der Waals surface area (Å²) in [7, 11) is 0. The van der Waals surface area contributed by atoms with Gasteiger partial charge in [-0.25, -0.2) is 4.98 Å². The molecular formula is C19H23N3. The molecule has 0 N–H and O–H groups in total. The van der Waals surface area contributed by atoms with E-state index >= 15 is 0 Å². The Morgan fingerprint density at radius 2 is 1.09 bits per heavy atom. The summed E-state index contributed by atoms with van der Waals surface area (Å²) in [5, 5.41) is 0. The average molecular weight is 293 g/mol. The topological polar surface area (TPSA) is 22.8 Å². The lowest BCUT2D eigenvalue weighted by atomic mass is 10.2. The molecule has 0 radical (unpaired) electrons. The van der Waals surface area contributed by atoms with E-state index < -0.39 is 0 Å². The van der Waals surface area contributed by atoms with Gasteiger partial charge in [-0.2, -0.15) is 0 Å². The zero-order chi connectivity index (χ0) is 15.9. The third kappa shape index (κ3) is 2.37. The summed E-state index contributed by atoms with van der Waals surface area (Å²) in [6, 6.07) is 12.9. The Morgan fingerprint density at radius 3 is 1.41 bits per heavy atom. The second-order valence-electron chi connectivity index (χ2n) is 5.95. The van der Waals surface area contributed by atoms with Crippen molar-refractivity contribution in [2.45, 2.75) is 41.0 Å². The molecule has 3 nitrogen and oxygen atoms in total. The molecule has 0 aliphatic rings. The second-order valence-corrected chi connectivity index (χ2v) is 5.95. The van der Waals surface area contributed by atoms with E-state index in [2.05, 4.69) is 80.2 Å². The van der Waals surface area contributed by atoms with Gasteiger partial charge in [0, 0.05) is 22.8 Å². The first kappa shape index (κ1) is 14.6. The van der Waals surface area contributed by atoms with Gasteiger partial charge in [-0.05, 0) is 76.1 Å². The lowest BCUT2D eigenvalue weighted by molar-refractivity contribution is 0.865.